The molecule has 8 heteroatoms. The Labute approximate surface area is 171 Å². The van der Waals surface area contributed by atoms with Gasteiger partial charge in [-0.25, -0.2) is 8.42 Å². The molecule has 1 atom stereocenters. The maximum absolute atomic E-state index is 12.8. The Hall–Kier alpha value is -1.74. The summed E-state index contributed by atoms with van der Waals surface area (Å²) >= 11 is 1.65. The fourth-order valence-corrected chi connectivity index (χ4v) is 5.51. The van der Waals surface area contributed by atoms with Gasteiger partial charge in [-0.05, 0) is 55.5 Å². The van der Waals surface area contributed by atoms with Crippen LogP contribution in [0.15, 0.2) is 46.7 Å². The molecule has 6 nitrogen and oxygen atoms in total. The maximum atomic E-state index is 12.8. The van der Waals surface area contributed by atoms with Crippen molar-refractivity contribution in [3.8, 4) is 0 Å². The van der Waals surface area contributed by atoms with Gasteiger partial charge in [0, 0.05) is 29.7 Å². The van der Waals surface area contributed by atoms with Crippen molar-refractivity contribution in [3.63, 3.8) is 0 Å². The molecule has 0 unspecified atom stereocenters. The summed E-state index contributed by atoms with van der Waals surface area (Å²) in [7, 11) is -3.47. The highest BCUT2D eigenvalue weighted by molar-refractivity contribution is 7.89. The number of amides is 1. The Kier molecular flexibility index (Phi) is 7.23. The number of sulfonamides is 1. The van der Waals surface area contributed by atoms with Crippen molar-refractivity contribution in [3.05, 3.63) is 46.7 Å². The van der Waals surface area contributed by atoms with Gasteiger partial charge in [0.1, 0.15) is 0 Å². The third-order valence-electron chi connectivity index (χ3n) is 4.88. The van der Waals surface area contributed by atoms with E-state index in [1.54, 1.807) is 39.9 Å². The van der Waals surface area contributed by atoms with Gasteiger partial charge in [-0.1, -0.05) is 18.9 Å². The van der Waals surface area contributed by atoms with Crippen LogP contribution in [0.2, 0.25) is 0 Å². The minimum Gasteiger partial charge on any atom is -0.325 e. The summed E-state index contributed by atoms with van der Waals surface area (Å²) in [6.07, 6.45) is 3.97. The van der Waals surface area contributed by atoms with Crippen LogP contribution in [0.3, 0.4) is 0 Å². The second kappa shape index (κ2) is 9.65. The molecule has 0 bridgehead atoms. The average Bonchev–Trinajstić information content (AvgIpc) is 3.08. The number of hydrogen-bond donors (Lipinski definition) is 2. The second-order valence-corrected chi connectivity index (χ2v) is 9.93. The van der Waals surface area contributed by atoms with Gasteiger partial charge >= 0.3 is 0 Å². The maximum Gasteiger partial charge on any atom is 0.243 e. The lowest BCUT2D eigenvalue weighted by Crippen LogP contribution is -2.32. The molecule has 0 saturated carbocycles. The van der Waals surface area contributed by atoms with Crippen LogP contribution in [0.5, 0.6) is 0 Å². The Morgan fingerprint density at radius 3 is 2.39 bits per heavy atom. The van der Waals surface area contributed by atoms with Crippen molar-refractivity contribution in [1.29, 1.82) is 0 Å². The lowest BCUT2D eigenvalue weighted by atomic mass is 10.2. The van der Waals surface area contributed by atoms with Gasteiger partial charge in [-0.3, -0.25) is 4.79 Å². The predicted molar refractivity (Wildman–Crippen MR) is 113 cm³/mol. The van der Waals surface area contributed by atoms with Gasteiger partial charge in [0.05, 0.1) is 11.4 Å². The van der Waals surface area contributed by atoms with Crippen molar-refractivity contribution in [2.75, 3.05) is 25.0 Å². The lowest BCUT2D eigenvalue weighted by molar-refractivity contribution is -0.115. The number of rotatable bonds is 7. The van der Waals surface area contributed by atoms with Crippen LogP contribution in [-0.2, 0) is 14.8 Å². The zero-order chi connectivity index (χ0) is 20.0. The molecule has 0 spiro atoms. The molecule has 1 fully saturated rings. The van der Waals surface area contributed by atoms with Crippen LogP contribution < -0.4 is 10.6 Å². The quantitative estimate of drug-likeness (QED) is 0.716. The minimum absolute atomic E-state index is 0.104. The van der Waals surface area contributed by atoms with Crippen LogP contribution in [-0.4, -0.2) is 38.3 Å². The van der Waals surface area contributed by atoms with Crippen LogP contribution in [0.25, 0.3) is 0 Å². The fourth-order valence-electron chi connectivity index (χ4n) is 3.23. The molecule has 1 saturated heterocycles. The first kappa shape index (κ1) is 21.0. The number of benzene rings is 1. The Morgan fingerprint density at radius 2 is 1.79 bits per heavy atom. The summed E-state index contributed by atoms with van der Waals surface area (Å²) in [6.45, 7) is 3.36. The Bertz CT molecular complexity index is 857. The van der Waals surface area contributed by atoms with E-state index in [2.05, 4.69) is 10.6 Å². The van der Waals surface area contributed by atoms with Crippen LogP contribution in [0.4, 0.5) is 5.69 Å². The van der Waals surface area contributed by atoms with Crippen molar-refractivity contribution < 1.29 is 13.2 Å². The summed E-state index contributed by atoms with van der Waals surface area (Å²) in [5.74, 6) is -0.161. The molecule has 1 aliphatic heterocycles. The van der Waals surface area contributed by atoms with E-state index in [-0.39, 0.29) is 23.4 Å². The molecule has 1 aromatic carbocycles. The number of carbonyl (C=O) groups excluding carboxylic acids is 1. The number of carbonyl (C=O) groups is 1. The smallest absolute Gasteiger partial charge is 0.243 e. The van der Waals surface area contributed by atoms with Gasteiger partial charge in [0.25, 0.3) is 0 Å². The molecular formula is C20H27N3O3S2. The van der Waals surface area contributed by atoms with E-state index in [0.29, 0.717) is 18.8 Å². The zero-order valence-electron chi connectivity index (χ0n) is 16.1. The van der Waals surface area contributed by atoms with Gasteiger partial charge in [0.15, 0.2) is 0 Å². The number of hydrogen-bond acceptors (Lipinski definition) is 5. The van der Waals surface area contributed by atoms with E-state index in [1.165, 1.54) is 4.88 Å². The predicted octanol–water partition coefficient (Wildman–Crippen LogP) is 3.60. The van der Waals surface area contributed by atoms with E-state index in [9.17, 15) is 13.2 Å². The standard InChI is InChI=1S/C20H27N3O3S2/c1-16(19-7-6-14-27-19)21-15-20(24)22-17-8-10-18(11-9-17)28(25,26)23-12-4-2-3-5-13-23/h6-11,14,16,21H,2-5,12-13,15H2,1H3,(H,22,24)/t16-/m1/s1. The monoisotopic (exact) mass is 421 g/mol. The van der Waals surface area contributed by atoms with Crippen molar-refractivity contribution in [1.82, 2.24) is 9.62 Å². The SMILES string of the molecule is C[C@@H](NCC(=O)Nc1ccc(S(=O)(=O)N2CCCCCC2)cc1)c1cccs1. The molecule has 0 aliphatic carbocycles. The summed E-state index contributed by atoms with van der Waals surface area (Å²) in [4.78, 5) is 13.6. The highest BCUT2D eigenvalue weighted by Crippen LogP contribution is 2.22. The average molecular weight is 422 g/mol. The molecule has 1 aromatic heterocycles. The van der Waals surface area contributed by atoms with Crippen molar-refractivity contribution in [2.45, 2.75) is 43.5 Å². The van der Waals surface area contributed by atoms with E-state index in [1.807, 2.05) is 24.4 Å². The zero-order valence-corrected chi connectivity index (χ0v) is 17.7. The largest absolute Gasteiger partial charge is 0.325 e. The highest BCUT2D eigenvalue weighted by atomic mass is 32.2. The molecule has 2 aromatic rings. The third kappa shape index (κ3) is 5.41. The molecule has 2 heterocycles. The van der Waals surface area contributed by atoms with E-state index in [0.717, 1.165) is 25.7 Å². The molecule has 2 N–H and O–H groups in total. The van der Waals surface area contributed by atoms with Gasteiger partial charge < -0.3 is 10.6 Å². The first-order valence-corrected chi connectivity index (χ1v) is 12.0. The van der Waals surface area contributed by atoms with Crippen LogP contribution in [0.1, 0.15) is 43.5 Å². The summed E-state index contributed by atoms with van der Waals surface area (Å²) < 4.78 is 27.2. The fraction of sp³-hybridized carbons (Fsp3) is 0.450. The second-order valence-electron chi connectivity index (χ2n) is 7.01. The minimum atomic E-state index is -3.47. The summed E-state index contributed by atoms with van der Waals surface area (Å²) in [6, 6.07) is 10.5. The molecule has 152 valence electrons. The van der Waals surface area contributed by atoms with Crippen molar-refractivity contribution >= 4 is 33.0 Å². The van der Waals surface area contributed by atoms with E-state index < -0.39 is 10.0 Å². The molecule has 1 amide bonds. The number of nitrogens with one attached hydrogen (secondary N) is 2. The number of anilines is 1. The highest BCUT2D eigenvalue weighted by Gasteiger charge is 2.25. The van der Waals surface area contributed by atoms with Crippen LogP contribution in [0, 0.1) is 0 Å². The van der Waals surface area contributed by atoms with E-state index in [4.69, 9.17) is 0 Å². The summed E-state index contributed by atoms with van der Waals surface area (Å²) in [5, 5.41) is 8.00. The Morgan fingerprint density at radius 1 is 1.11 bits per heavy atom. The third-order valence-corrected chi connectivity index (χ3v) is 7.85. The Balaban J connectivity index is 1.55. The van der Waals surface area contributed by atoms with Gasteiger partial charge in [-0.15, -0.1) is 11.3 Å². The topological polar surface area (TPSA) is 78.5 Å². The molecule has 3 rings (SSSR count). The first-order chi connectivity index (χ1) is 13.5. The molecule has 1 aliphatic rings. The van der Waals surface area contributed by atoms with E-state index >= 15 is 0 Å². The molecule has 0 radical (unpaired) electrons. The van der Waals surface area contributed by atoms with Crippen molar-refractivity contribution in [2.24, 2.45) is 0 Å². The normalized spacial score (nSPS) is 17.0. The first-order valence-electron chi connectivity index (χ1n) is 9.63. The lowest BCUT2D eigenvalue weighted by Gasteiger charge is -2.20. The van der Waals surface area contributed by atoms with Gasteiger partial charge in [0.2, 0.25) is 15.9 Å². The summed E-state index contributed by atoms with van der Waals surface area (Å²) in [5.41, 5.74) is 0.588. The number of thiophene rings is 1. The molecule has 28 heavy (non-hydrogen) atoms. The van der Waals surface area contributed by atoms with Gasteiger partial charge in [-0.2, -0.15) is 4.31 Å². The van der Waals surface area contributed by atoms with Crippen LogP contribution >= 0.6 is 11.3 Å². The number of nitrogens with zero attached hydrogens (tertiary/aromatic N) is 1. The molecular weight excluding hydrogens is 394 g/mol.